The topological polar surface area (TPSA) is 12.0 Å². The maximum Gasteiger partial charge on any atom is 0.360 e. The van der Waals surface area contributed by atoms with Gasteiger partial charge in [-0.15, -0.1) is 0 Å². The van der Waals surface area contributed by atoms with Crippen LogP contribution in [0.4, 0.5) is 4.11 Å². The molecule has 0 aliphatic heterocycles. The van der Waals surface area contributed by atoms with Crippen LogP contribution in [0.5, 0.6) is 0 Å². The van der Waals surface area contributed by atoms with Gasteiger partial charge in [0, 0.05) is 0 Å². The molecule has 1 aliphatic rings. The van der Waals surface area contributed by atoms with Crippen molar-refractivity contribution in [3.8, 4) is 0 Å². The first-order chi connectivity index (χ1) is 5.70. The smallest absolute Gasteiger partial charge is 0.309 e. The highest BCUT2D eigenvalue weighted by molar-refractivity contribution is 6.50. The van der Waals surface area contributed by atoms with E-state index in [9.17, 15) is 4.11 Å². The second-order valence-corrected chi connectivity index (χ2v) is 5.78. The van der Waals surface area contributed by atoms with E-state index in [0.29, 0.717) is 11.6 Å². The van der Waals surface area contributed by atoms with Gasteiger partial charge in [0.25, 0.3) is 0 Å². The van der Waals surface area contributed by atoms with Crippen LogP contribution in [0.25, 0.3) is 0 Å². The molecule has 1 rings (SSSR count). The van der Waals surface area contributed by atoms with Crippen molar-refractivity contribution in [2.75, 3.05) is 0 Å². The van der Waals surface area contributed by atoms with Crippen molar-refractivity contribution in [1.29, 1.82) is 0 Å². The highest BCUT2D eigenvalue weighted by atomic mass is 28.3. The molecule has 1 saturated carbocycles. The van der Waals surface area contributed by atoms with Crippen molar-refractivity contribution >= 4 is 9.29 Å². The lowest BCUT2D eigenvalue weighted by atomic mass is 10.0. The zero-order valence-corrected chi connectivity index (χ0v) is 9.07. The molecule has 0 aromatic rings. The molecule has 0 aromatic heterocycles. The average molecular weight is 188 g/mol. The lowest BCUT2D eigenvalue weighted by Gasteiger charge is -2.24. The SMILES string of the molecule is CC(C)N[Si](F)C1CCCCC1. The predicted molar refractivity (Wildman–Crippen MR) is 52.0 cm³/mol. The average Bonchev–Trinajstić information content (AvgIpc) is 2.05. The van der Waals surface area contributed by atoms with E-state index in [4.69, 9.17) is 0 Å². The molecule has 1 N–H and O–H groups in total. The minimum atomic E-state index is -1.74. The van der Waals surface area contributed by atoms with Gasteiger partial charge in [0.05, 0.1) is 0 Å². The zero-order valence-electron chi connectivity index (χ0n) is 8.07. The first-order valence-electron chi connectivity index (χ1n) is 4.99. The Balaban J connectivity index is 2.24. The van der Waals surface area contributed by atoms with Crippen LogP contribution in [-0.2, 0) is 0 Å². The van der Waals surface area contributed by atoms with Crippen LogP contribution in [0.2, 0.25) is 5.54 Å². The van der Waals surface area contributed by atoms with Crippen LogP contribution in [0.3, 0.4) is 0 Å². The van der Waals surface area contributed by atoms with Gasteiger partial charge in [0.15, 0.2) is 0 Å². The van der Waals surface area contributed by atoms with Gasteiger partial charge in [-0.05, 0) is 24.4 Å². The van der Waals surface area contributed by atoms with E-state index in [2.05, 4.69) is 4.98 Å². The summed E-state index contributed by atoms with van der Waals surface area (Å²) in [5, 5.41) is 0. The number of hydrogen-bond donors (Lipinski definition) is 1. The maximum atomic E-state index is 13.5. The lowest BCUT2D eigenvalue weighted by molar-refractivity contribution is 0.470. The summed E-state index contributed by atoms with van der Waals surface area (Å²) in [5.41, 5.74) is 0.381. The van der Waals surface area contributed by atoms with E-state index in [0.717, 1.165) is 12.8 Å². The Morgan fingerprint density at radius 3 is 2.33 bits per heavy atom. The Hall–Kier alpha value is 0.107. The fraction of sp³-hybridized carbons (Fsp3) is 1.00. The van der Waals surface area contributed by atoms with Crippen molar-refractivity contribution < 1.29 is 4.11 Å². The summed E-state index contributed by atoms with van der Waals surface area (Å²) >= 11 is 0. The molecule has 1 aliphatic carbocycles. The Morgan fingerprint density at radius 2 is 1.83 bits per heavy atom. The van der Waals surface area contributed by atoms with Gasteiger partial charge in [-0.25, -0.2) is 0 Å². The van der Waals surface area contributed by atoms with E-state index < -0.39 is 9.29 Å². The molecule has 0 atom stereocenters. The summed E-state index contributed by atoms with van der Waals surface area (Å²) < 4.78 is 13.5. The molecule has 1 radical (unpaired) electrons. The standard InChI is InChI=1S/C9H19FNSi/c1-8(2)11-12(10)9-6-4-3-5-7-9/h8-9,11H,3-7H2,1-2H3. The predicted octanol–water partition coefficient (Wildman–Crippen LogP) is 2.78. The summed E-state index contributed by atoms with van der Waals surface area (Å²) in [6, 6.07) is 0.311. The summed E-state index contributed by atoms with van der Waals surface area (Å²) in [6.45, 7) is 4.04. The maximum absolute atomic E-state index is 13.5. The summed E-state index contributed by atoms with van der Waals surface area (Å²) in [5.74, 6) is 0. The van der Waals surface area contributed by atoms with Crippen LogP contribution < -0.4 is 4.98 Å². The molecule has 12 heavy (non-hydrogen) atoms. The summed E-state index contributed by atoms with van der Waals surface area (Å²) in [4.78, 5) is 3.05. The first-order valence-corrected chi connectivity index (χ1v) is 6.44. The lowest BCUT2D eigenvalue weighted by Crippen LogP contribution is -2.39. The third kappa shape index (κ3) is 3.23. The molecule has 3 heteroatoms. The van der Waals surface area contributed by atoms with Gasteiger partial charge >= 0.3 is 9.29 Å². The molecule has 0 unspecified atom stereocenters. The van der Waals surface area contributed by atoms with Crippen LogP contribution in [0.15, 0.2) is 0 Å². The third-order valence-electron chi connectivity index (χ3n) is 2.39. The van der Waals surface area contributed by atoms with E-state index in [1.165, 1.54) is 19.3 Å². The molecule has 0 bridgehead atoms. The van der Waals surface area contributed by atoms with Gasteiger partial charge in [0.1, 0.15) is 0 Å². The van der Waals surface area contributed by atoms with Gasteiger partial charge in [-0.3, -0.25) is 4.11 Å². The molecular formula is C9H19FNSi. The summed E-state index contributed by atoms with van der Waals surface area (Å²) in [6.07, 6.45) is 6.02. The Bertz CT molecular complexity index is 124. The van der Waals surface area contributed by atoms with Crippen molar-refractivity contribution in [3.63, 3.8) is 0 Å². The van der Waals surface area contributed by atoms with Crippen molar-refractivity contribution in [2.45, 2.75) is 57.5 Å². The van der Waals surface area contributed by atoms with E-state index in [1.807, 2.05) is 13.8 Å². The number of rotatable bonds is 3. The van der Waals surface area contributed by atoms with E-state index in [-0.39, 0.29) is 0 Å². The van der Waals surface area contributed by atoms with Crippen molar-refractivity contribution in [1.82, 2.24) is 4.98 Å². The minimum Gasteiger partial charge on any atom is -0.309 e. The number of nitrogens with one attached hydrogen (secondary N) is 1. The molecule has 1 fully saturated rings. The number of hydrogen-bond acceptors (Lipinski definition) is 1. The summed E-state index contributed by atoms with van der Waals surface area (Å²) in [7, 11) is -1.74. The molecular weight excluding hydrogens is 169 g/mol. The van der Waals surface area contributed by atoms with Gasteiger partial charge < -0.3 is 4.98 Å². The molecule has 0 spiro atoms. The Kier molecular flexibility index (Phi) is 4.22. The van der Waals surface area contributed by atoms with Crippen molar-refractivity contribution in [2.24, 2.45) is 0 Å². The minimum absolute atomic E-state index is 0.311. The molecule has 71 valence electrons. The van der Waals surface area contributed by atoms with Crippen LogP contribution in [0, 0.1) is 0 Å². The van der Waals surface area contributed by atoms with Crippen LogP contribution in [0.1, 0.15) is 46.0 Å². The van der Waals surface area contributed by atoms with Crippen LogP contribution >= 0.6 is 0 Å². The molecule has 0 saturated heterocycles. The van der Waals surface area contributed by atoms with Crippen LogP contribution in [-0.4, -0.2) is 15.3 Å². The largest absolute Gasteiger partial charge is 0.360 e. The fourth-order valence-corrected chi connectivity index (χ4v) is 3.45. The van der Waals surface area contributed by atoms with E-state index >= 15 is 0 Å². The highest BCUT2D eigenvalue weighted by Gasteiger charge is 2.27. The monoisotopic (exact) mass is 188 g/mol. The third-order valence-corrected chi connectivity index (χ3v) is 4.54. The molecule has 1 nitrogen and oxygen atoms in total. The molecule has 0 aromatic carbocycles. The molecule has 0 heterocycles. The quantitative estimate of drug-likeness (QED) is 0.530. The number of halogens is 1. The Labute approximate surface area is 76.6 Å². The zero-order chi connectivity index (χ0) is 8.97. The van der Waals surface area contributed by atoms with Crippen molar-refractivity contribution in [3.05, 3.63) is 0 Å². The Morgan fingerprint density at radius 1 is 1.25 bits per heavy atom. The van der Waals surface area contributed by atoms with Gasteiger partial charge in [-0.2, -0.15) is 0 Å². The fourth-order valence-electron chi connectivity index (χ4n) is 1.75. The highest BCUT2D eigenvalue weighted by Crippen LogP contribution is 2.30. The van der Waals surface area contributed by atoms with Gasteiger partial charge in [0.2, 0.25) is 0 Å². The first kappa shape index (κ1) is 10.2. The molecule has 0 amide bonds. The van der Waals surface area contributed by atoms with E-state index in [1.54, 1.807) is 0 Å². The second kappa shape index (κ2) is 4.97. The van der Waals surface area contributed by atoms with Gasteiger partial charge in [-0.1, -0.05) is 33.1 Å². The second-order valence-electron chi connectivity index (χ2n) is 3.98. The normalized spacial score (nSPS) is 20.8.